The summed E-state index contributed by atoms with van der Waals surface area (Å²) in [7, 11) is 0. The first kappa shape index (κ1) is 9.52. The topological polar surface area (TPSA) is 45.1 Å². The third-order valence-corrected chi connectivity index (χ3v) is 2.09. The maximum absolute atomic E-state index is 9.11. The number of phenolic OH excluding ortho intramolecular Hbond substituents is 1. The number of anilines is 1. The molecule has 0 spiro atoms. The van der Waals surface area contributed by atoms with Crippen LogP contribution in [0.2, 0.25) is 0 Å². The Morgan fingerprint density at radius 3 is 2.60 bits per heavy atom. The monoisotopic (exact) mass is 200 g/mol. The Morgan fingerprint density at radius 1 is 1.13 bits per heavy atom. The lowest BCUT2D eigenvalue weighted by Gasteiger charge is -2.05. The van der Waals surface area contributed by atoms with Gasteiger partial charge in [0.2, 0.25) is 0 Å². The van der Waals surface area contributed by atoms with Gasteiger partial charge in [0.25, 0.3) is 0 Å². The van der Waals surface area contributed by atoms with Crippen molar-refractivity contribution in [2.24, 2.45) is 0 Å². The van der Waals surface area contributed by atoms with Crippen LogP contribution in [0.4, 0.5) is 5.69 Å². The first-order chi connectivity index (χ1) is 7.34. The first-order valence-corrected chi connectivity index (χ1v) is 4.76. The molecule has 1 aromatic carbocycles. The minimum absolute atomic E-state index is 0.292. The third kappa shape index (κ3) is 2.71. The van der Waals surface area contributed by atoms with E-state index in [1.165, 1.54) is 0 Å². The molecule has 0 radical (unpaired) electrons. The van der Waals surface area contributed by atoms with E-state index in [0.29, 0.717) is 5.75 Å². The molecule has 0 amide bonds. The number of rotatable bonds is 3. The van der Waals surface area contributed by atoms with Gasteiger partial charge in [-0.05, 0) is 29.8 Å². The summed E-state index contributed by atoms with van der Waals surface area (Å²) in [4.78, 5) is 4.01. The van der Waals surface area contributed by atoms with Crippen molar-refractivity contribution in [3.05, 3.63) is 54.4 Å². The van der Waals surface area contributed by atoms with Gasteiger partial charge >= 0.3 is 0 Å². The van der Waals surface area contributed by atoms with Gasteiger partial charge in [-0.1, -0.05) is 12.1 Å². The lowest BCUT2D eigenvalue weighted by Crippen LogP contribution is -1.98. The molecule has 0 fully saturated rings. The van der Waals surface area contributed by atoms with Gasteiger partial charge in [0.05, 0.1) is 5.69 Å². The van der Waals surface area contributed by atoms with E-state index in [-0.39, 0.29) is 0 Å². The van der Waals surface area contributed by atoms with E-state index in [1.807, 2.05) is 24.3 Å². The van der Waals surface area contributed by atoms with Gasteiger partial charge in [-0.25, -0.2) is 0 Å². The first-order valence-electron chi connectivity index (χ1n) is 4.76. The predicted octanol–water partition coefficient (Wildman–Crippen LogP) is 2.40. The lowest BCUT2D eigenvalue weighted by molar-refractivity contribution is 0.475. The third-order valence-electron chi connectivity index (χ3n) is 2.09. The summed E-state index contributed by atoms with van der Waals surface area (Å²) in [6, 6.07) is 11.0. The number of hydrogen-bond acceptors (Lipinski definition) is 3. The Bertz CT molecular complexity index is 411. The summed E-state index contributed by atoms with van der Waals surface area (Å²) in [6.45, 7) is 0.728. The molecule has 0 aliphatic heterocycles. The van der Waals surface area contributed by atoms with Gasteiger partial charge < -0.3 is 10.4 Å². The van der Waals surface area contributed by atoms with Gasteiger partial charge in [0.1, 0.15) is 5.75 Å². The Labute approximate surface area is 88.4 Å². The molecule has 0 aliphatic carbocycles. The number of hydrogen-bond donors (Lipinski definition) is 2. The number of pyridine rings is 1. The van der Waals surface area contributed by atoms with Gasteiger partial charge in [-0.15, -0.1) is 0 Å². The maximum Gasteiger partial charge on any atom is 0.115 e. The molecule has 1 heterocycles. The fourth-order valence-corrected chi connectivity index (χ4v) is 1.29. The van der Waals surface area contributed by atoms with Crippen LogP contribution in [0.5, 0.6) is 5.75 Å². The van der Waals surface area contributed by atoms with Crippen molar-refractivity contribution in [1.82, 2.24) is 4.98 Å². The second-order valence-electron chi connectivity index (χ2n) is 3.26. The molecule has 0 saturated carbocycles. The molecule has 2 N–H and O–H groups in total. The van der Waals surface area contributed by atoms with Gasteiger partial charge in [0.15, 0.2) is 0 Å². The van der Waals surface area contributed by atoms with Gasteiger partial charge in [-0.3, -0.25) is 4.98 Å². The van der Waals surface area contributed by atoms with E-state index in [4.69, 9.17) is 5.11 Å². The molecule has 76 valence electrons. The molecule has 0 unspecified atom stereocenters. The van der Waals surface area contributed by atoms with E-state index < -0.39 is 0 Å². The molecule has 0 saturated heterocycles. The van der Waals surface area contributed by atoms with Crippen LogP contribution in [-0.2, 0) is 6.54 Å². The molecule has 0 bridgehead atoms. The Balaban J connectivity index is 1.96. The van der Waals surface area contributed by atoms with Crippen molar-refractivity contribution < 1.29 is 5.11 Å². The fourth-order valence-electron chi connectivity index (χ4n) is 1.29. The van der Waals surface area contributed by atoms with Crippen molar-refractivity contribution in [3.8, 4) is 5.75 Å². The molecule has 15 heavy (non-hydrogen) atoms. The number of benzene rings is 1. The highest BCUT2D eigenvalue weighted by Crippen LogP contribution is 2.11. The van der Waals surface area contributed by atoms with E-state index >= 15 is 0 Å². The fraction of sp³-hybridized carbons (Fsp3) is 0.0833. The normalized spacial score (nSPS) is 9.87. The van der Waals surface area contributed by atoms with Crippen LogP contribution in [0, 0.1) is 0 Å². The molecule has 2 rings (SSSR count). The Hall–Kier alpha value is -2.03. The van der Waals surface area contributed by atoms with Crippen LogP contribution in [0.15, 0.2) is 48.8 Å². The summed E-state index contributed by atoms with van der Waals surface area (Å²) >= 11 is 0. The van der Waals surface area contributed by atoms with Crippen molar-refractivity contribution in [2.75, 3.05) is 5.32 Å². The second kappa shape index (κ2) is 4.46. The average Bonchev–Trinajstić information content (AvgIpc) is 2.30. The van der Waals surface area contributed by atoms with Crippen molar-refractivity contribution in [2.45, 2.75) is 6.54 Å². The van der Waals surface area contributed by atoms with Crippen LogP contribution in [0.1, 0.15) is 5.56 Å². The molecule has 3 heteroatoms. The minimum Gasteiger partial charge on any atom is -0.508 e. The summed E-state index contributed by atoms with van der Waals surface area (Å²) < 4.78 is 0. The van der Waals surface area contributed by atoms with Crippen LogP contribution < -0.4 is 5.32 Å². The number of nitrogens with one attached hydrogen (secondary N) is 1. The van der Waals surface area contributed by atoms with E-state index in [1.54, 1.807) is 24.5 Å². The summed E-state index contributed by atoms with van der Waals surface area (Å²) in [6.07, 6.45) is 3.52. The molecular formula is C12H12N2O. The largest absolute Gasteiger partial charge is 0.508 e. The minimum atomic E-state index is 0.292. The number of aromatic hydroxyl groups is 1. The summed E-state index contributed by atoms with van der Waals surface area (Å²) in [5, 5.41) is 12.3. The number of phenols is 1. The SMILES string of the molecule is Oc1ccc(CNc2cccnc2)cc1. The van der Waals surface area contributed by atoms with Crippen molar-refractivity contribution in [1.29, 1.82) is 0 Å². The van der Waals surface area contributed by atoms with Crippen LogP contribution in [0.3, 0.4) is 0 Å². The molecule has 0 aliphatic rings. The van der Waals surface area contributed by atoms with Crippen LogP contribution in [-0.4, -0.2) is 10.1 Å². The molecule has 2 aromatic rings. The number of nitrogens with zero attached hydrogens (tertiary/aromatic N) is 1. The standard InChI is InChI=1S/C12H12N2O/c15-12-5-3-10(4-6-12)8-14-11-2-1-7-13-9-11/h1-7,9,14-15H,8H2. The lowest BCUT2D eigenvalue weighted by atomic mass is 10.2. The molecule has 1 aromatic heterocycles. The Morgan fingerprint density at radius 2 is 1.93 bits per heavy atom. The Kier molecular flexibility index (Phi) is 2.83. The van der Waals surface area contributed by atoms with Gasteiger partial charge in [0, 0.05) is 18.9 Å². The number of aromatic nitrogens is 1. The molecular weight excluding hydrogens is 188 g/mol. The van der Waals surface area contributed by atoms with Gasteiger partial charge in [-0.2, -0.15) is 0 Å². The molecule has 0 atom stereocenters. The predicted molar refractivity (Wildman–Crippen MR) is 59.7 cm³/mol. The van der Waals surface area contributed by atoms with Crippen molar-refractivity contribution >= 4 is 5.69 Å². The van der Waals surface area contributed by atoms with Crippen molar-refractivity contribution in [3.63, 3.8) is 0 Å². The second-order valence-corrected chi connectivity index (χ2v) is 3.26. The van der Waals surface area contributed by atoms with E-state index in [2.05, 4.69) is 10.3 Å². The smallest absolute Gasteiger partial charge is 0.115 e. The van der Waals surface area contributed by atoms with Crippen LogP contribution in [0.25, 0.3) is 0 Å². The summed E-state index contributed by atoms with van der Waals surface area (Å²) in [5.41, 5.74) is 2.11. The van der Waals surface area contributed by atoms with E-state index in [0.717, 1.165) is 17.8 Å². The zero-order valence-electron chi connectivity index (χ0n) is 8.22. The average molecular weight is 200 g/mol. The highest BCUT2D eigenvalue weighted by molar-refractivity contribution is 5.40. The quantitative estimate of drug-likeness (QED) is 0.799. The highest BCUT2D eigenvalue weighted by atomic mass is 16.3. The molecule has 3 nitrogen and oxygen atoms in total. The summed E-state index contributed by atoms with van der Waals surface area (Å²) in [5.74, 6) is 0.292. The zero-order chi connectivity index (χ0) is 10.5. The van der Waals surface area contributed by atoms with E-state index in [9.17, 15) is 0 Å². The zero-order valence-corrected chi connectivity index (χ0v) is 8.22. The van der Waals surface area contributed by atoms with Crippen LogP contribution >= 0.6 is 0 Å². The highest BCUT2D eigenvalue weighted by Gasteiger charge is 1.93. The maximum atomic E-state index is 9.11.